The molecule has 2 aromatic rings. The summed E-state index contributed by atoms with van der Waals surface area (Å²) in [7, 11) is 0. The number of carbonyl (C=O) groups excluding carboxylic acids is 1. The number of rotatable bonds is 8. The first-order valence-electron chi connectivity index (χ1n) is 13.5. The number of likely N-dealkylation sites (tertiary alicyclic amines) is 1. The number of ether oxygens (including phenoxy) is 1. The molecule has 6 rings (SSSR count). The van der Waals surface area contributed by atoms with Crippen molar-refractivity contribution >= 4 is 5.97 Å². The molecule has 4 aliphatic rings. The van der Waals surface area contributed by atoms with Gasteiger partial charge in [-0.2, -0.15) is 0 Å². The van der Waals surface area contributed by atoms with Crippen LogP contribution in [0, 0.1) is 5.92 Å². The Balaban J connectivity index is 1.42. The minimum absolute atomic E-state index is 0.131. The Morgan fingerprint density at radius 2 is 1.63 bits per heavy atom. The van der Waals surface area contributed by atoms with E-state index in [4.69, 9.17) is 4.74 Å². The molecule has 0 aromatic heterocycles. The van der Waals surface area contributed by atoms with Crippen LogP contribution >= 0.6 is 0 Å². The molecule has 4 saturated heterocycles. The van der Waals surface area contributed by atoms with Gasteiger partial charge >= 0.3 is 5.97 Å². The lowest BCUT2D eigenvalue weighted by molar-refractivity contribution is -0.200. The summed E-state index contributed by atoms with van der Waals surface area (Å²) in [5.74, 6) is 0.217. The van der Waals surface area contributed by atoms with Gasteiger partial charge in [0.25, 0.3) is 0 Å². The Kier molecular flexibility index (Phi) is 7.29. The minimum Gasteiger partial charge on any atom is -0.456 e. The van der Waals surface area contributed by atoms with Gasteiger partial charge in [0.2, 0.25) is 0 Å². The topological polar surface area (TPSA) is 53.0 Å². The van der Waals surface area contributed by atoms with Gasteiger partial charge in [0, 0.05) is 12.5 Å². The van der Waals surface area contributed by atoms with Crippen LogP contribution in [0.25, 0.3) is 0 Å². The number of fused-ring (bicyclic) bond motifs is 3. The zero-order chi connectivity index (χ0) is 24.3. The first kappa shape index (κ1) is 24.5. The van der Waals surface area contributed by atoms with Crippen molar-refractivity contribution in [3.8, 4) is 0 Å². The van der Waals surface area contributed by atoms with Gasteiger partial charge in [-0.1, -0.05) is 67.1 Å². The predicted octanol–water partition coefficient (Wildman–Crippen LogP) is 4.91. The van der Waals surface area contributed by atoms with Crippen LogP contribution in [-0.4, -0.2) is 59.2 Å². The predicted molar refractivity (Wildman–Crippen MR) is 138 cm³/mol. The quantitative estimate of drug-likeness (QED) is 0.549. The monoisotopic (exact) mass is 476 g/mol. The molecule has 2 aromatic carbocycles. The third kappa shape index (κ3) is 4.91. The van der Waals surface area contributed by atoms with E-state index in [9.17, 15) is 9.90 Å². The summed E-state index contributed by atoms with van der Waals surface area (Å²) in [6, 6.07) is 20.0. The molecule has 188 valence electrons. The fraction of sp³-hybridized carbons (Fsp3) is 0.567. The molecule has 35 heavy (non-hydrogen) atoms. The second-order valence-corrected chi connectivity index (χ2v) is 11.0. The molecule has 0 spiro atoms. The van der Waals surface area contributed by atoms with Crippen LogP contribution in [-0.2, 0) is 15.1 Å². The third-order valence-electron chi connectivity index (χ3n) is 8.87. The summed E-state index contributed by atoms with van der Waals surface area (Å²) in [6.45, 7) is 6.81. The number of benzene rings is 2. The van der Waals surface area contributed by atoms with Gasteiger partial charge in [-0.25, -0.2) is 4.79 Å². The molecule has 1 N–H and O–H groups in total. The van der Waals surface area contributed by atoms with Crippen LogP contribution in [0.3, 0.4) is 0 Å². The summed E-state index contributed by atoms with van der Waals surface area (Å²) in [5, 5.41) is 10.9. The zero-order valence-electron chi connectivity index (χ0n) is 21.1. The van der Waals surface area contributed by atoms with E-state index < -0.39 is 17.2 Å². The van der Waals surface area contributed by atoms with E-state index in [2.05, 4.69) is 28.9 Å². The Labute approximate surface area is 210 Å². The fourth-order valence-electron chi connectivity index (χ4n) is 6.61. The van der Waals surface area contributed by atoms with E-state index in [1.54, 1.807) is 0 Å². The van der Waals surface area contributed by atoms with E-state index >= 15 is 0 Å². The summed E-state index contributed by atoms with van der Waals surface area (Å²) >= 11 is 0. The highest BCUT2D eigenvalue weighted by atomic mass is 16.6. The number of esters is 1. The van der Waals surface area contributed by atoms with Crippen LogP contribution in [0.2, 0.25) is 0 Å². The molecule has 0 amide bonds. The van der Waals surface area contributed by atoms with Crippen molar-refractivity contribution in [2.24, 2.45) is 5.92 Å². The van der Waals surface area contributed by atoms with E-state index in [-0.39, 0.29) is 5.97 Å². The number of piperidine rings is 4. The van der Waals surface area contributed by atoms with E-state index in [1.165, 1.54) is 6.42 Å². The number of nitrogens with zero attached hydrogens (tertiary/aromatic N) is 2. The summed E-state index contributed by atoms with van der Waals surface area (Å²) in [6.07, 6.45) is 6.27. The summed E-state index contributed by atoms with van der Waals surface area (Å²) < 4.78 is 6.74. The molecule has 4 aliphatic heterocycles. The number of hydrogen-bond acceptors (Lipinski definition) is 5. The highest BCUT2D eigenvalue weighted by Crippen LogP contribution is 2.44. The molecule has 5 nitrogen and oxygen atoms in total. The Morgan fingerprint density at radius 3 is 2.23 bits per heavy atom. The molecular formula is C30H40N2O3. The van der Waals surface area contributed by atoms with Gasteiger partial charge in [0.15, 0.2) is 0 Å². The first-order chi connectivity index (χ1) is 17.0. The highest BCUT2D eigenvalue weighted by Gasteiger charge is 2.53. The second-order valence-electron chi connectivity index (χ2n) is 11.0. The zero-order valence-corrected chi connectivity index (χ0v) is 21.1. The van der Waals surface area contributed by atoms with Crippen molar-refractivity contribution in [3.63, 3.8) is 0 Å². The lowest BCUT2D eigenvalue weighted by Gasteiger charge is -2.54. The van der Waals surface area contributed by atoms with Crippen LogP contribution < -0.4 is 0 Å². The average Bonchev–Trinajstić information content (AvgIpc) is 2.93. The molecule has 2 bridgehead atoms. The molecule has 0 unspecified atom stereocenters. The van der Waals surface area contributed by atoms with Crippen molar-refractivity contribution in [2.75, 3.05) is 32.7 Å². The summed E-state index contributed by atoms with van der Waals surface area (Å²) in [4.78, 5) is 19.1. The normalized spacial score (nSPS) is 29.3. The van der Waals surface area contributed by atoms with Gasteiger partial charge in [0.05, 0.1) is 6.10 Å². The van der Waals surface area contributed by atoms with Crippen molar-refractivity contribution < 1.29 is 14.6 Å². The minimum atomic E-state index is -0.807. The highest BCUT2D eigenvalue weighted by molar-refractivity contribution is 5.82. The van der Waals surface area contributed by atoms with Gasteiger partial charge in [-0.3, -0.25) is 9.80 Å². The maximum absolute atomic E-state index is 14.3. The van der Waals surface area contributed by atoms with Crippen LogP contribution in [0.15, 0.2) is 60.7 Å². The molecule has 0 saturated carbocycles. The van der Waals surface area contributed by atoms with Crippen molar-refractivity contribution in [1.82, 2.24) is 9.80 Å². The Bertz CT molecular complexity index is 970. The summed E-state index contributed by atoms with van der Waals surface area (Å²) in [5.41, 5.74) is 0.582. The molecule has 4 heterocycles. The molecule has 4 fully saturated rings. The standard InChI is InChI=1S/C30H40N2O3/c1-29(25-13-7-3-8-14-25,32-19-9-4-10-20-32)28(34)35-30(23-31-21-16-26(30)17-22-31)18-15-27(33)24-11-5-2-6-12-24/h2-3,5-8,11-14,26-27,33H,4,9-10,15-23H2,1H3/t27-,29+,30+/m1/s1. The van der Waals surface area contributed by atoms with E-state index in [0.717, 1.165) is 69.5 Å². The molecule has 0 aliphatic carbocycles. The van der Waals surface area contributed by atoms with Crippen molar-refractivity contribution in [3.05, 3.63) is 71.8 Å². The maximum Gasteiger partial charge on any atom is 0.331 e. The largest absolute Gasteiger partial charge is 0.456 e. The number of hydrogen-bond donors (Lipinski definition) is 1. The first-order valence-corrected chi connectivity index (χ1v) is 13.5. The van der Waals surface area contributed by atoms with Gasteiger partial charge in [-0.15, -0.1) is 0 Å². The lowest BCUT2D eigenvalue weighted by atomic mass is 9.72. The number of aliphatic hydroxyl groups excluding tert-OH is 1. The average molecular weight is 477 g/mol. The number of aliphatic hydroxyl groups is 1. The molecule has 0 radical (unpaired) electrons. The maximum atomic E-state index is 14.3. The molecule has 3 atom stereocenters. The second kappa shape index (κ2) is 10.4. The van der Waals surface area contributed by atoms with Gasteiger partial charge in [-0.05, 0) is 82.8 Å². The fourth-order valence-corrected chi connectivity index (χ4v) is 6.61. The lowest BCUT2D eigenvalue weighted by Crippen LogP contribution is -2.63. The van der Waals surface area contributed by atoms with Gasteiger partial charge < -0.3 is 9.84 Å². The van der Waals surface area contributed by atoms with Crippen LogP contribution in [0.5, 0.6) is 0 Å². The van der Waals surface area contributed by atoms with Crippen molar-refractivity contribution in [2.45, 2.75) is 69.1 Å². The Morgan fingerprint density at radius 1 is 1.00 bits per heavy atom. The smallest absolute Gasteiger partial charge is 0.331 e. The molecule has 5 heteroatoms. The van der Waals surface area contributed by atoms with Crippen LogP contribution in [0.1, 0.15) is 69.1 Å². The van der Waals surface area contributed by atoms with Crippen molar-refractivity contribution in [1.29, 1.82) is 0 Å². The van der Waals surface area contributed by atoms with Crippen LogP contribution in [0.4, 0.5) is 0 Å². The SMILES string of the molecule is C[C@@](C(=O)O[C@@]1(CC[C@@H](O)c2ccccc2)CN2CCC1CC2)(c1ccccc1)N1CCCCC1. The van der Waals surface area contributed by atoms with E-state index in [1.807, 2.05) is 48.5 Å². The molecular weight excluding hydrogens is 436 g/mol. The van der Waals surface area contributed by atoms with Gasteiger partial charge in [0.1, 0.15) is 11.1 Å². The number of carbonyl (C=O) groups is 1. The van der Waals surface area contributed by atoms with E-state index in [0.29, 0.717) is 18.8 Å². The Hall–Kier alpha value is -2.21. The third-order valence-corrected chi connectivity index (χ3v) is 8.87.